The molecule has 174 valence electrons. The summed E-state index contributed by atoms with van der Waals surface area (Å²) in [7, 11) is -3.13. The fourth-order valence-electron chi connectivity index (χ4n) is 3.95. The molecule has 0 spiro atoms. The second-order valence-electron chi connectivity index (χ2n) is 8.37. The van der Waals surface area contributed by atoms with Crippen molar-refractivity contribution >= 4 is 27.3 Å². The number of carbonyl (C=O) groups excluding carboxylic acids is 1. The van der Waals surface area contributed by atoms with Crippen molar-refractivity contribution in [2.75, 3.05) is 18.1 Å². The minimum Gasteiger partial charge on any atom is -0.494 e. The summed E-state index contributed by atoms with van der Waals surface area (Å²) in [5.41, 5.74) is 1.31. The highest BCUT2D eigenvalue weighted by atomic mass is 35.5. The quantitative estimate of drug-likeness (QED) is 0.400. The van der Waals surface area contributed by atoms with E-state index in [-0.39, 0.29) is 30.0 Å². The smallest absolute Gasteiger partial charge is 0.254 e. The number of halogens is 1. The molecule has 1 aliphatic rings. The van der Waals surface area contributed by atoms with E-state index in [0.29, 0.717) is 23.6 Å². The molecule has 0 saturated carbocycles. The van der Waals surface area contributed by atoms with Gasteiger partial charge in [0.15, 0.2) is 9.84 Å². The van der Waals surface area contributed by atoms with Crippen LogP contribution in [0.4, 0.5) is 0 Å². The number of benzene rings is 2. The van der Waals surface area contributed by atoms with Crippen molar-refractivity contribution in [3.05, 3.63) is 64.7 Å². The number of carbonyl (C=O) groups is 1. The predicted octanol–water partition coefficient (Wildman–Crippen LogP) is 5.52. The molecular formula is C25H32ClNO4S. The summed E-state index contributed by atoms with van der Waals surface area (Å²) >= 11 is 6.32. The number of hydrogen-bond acceptors (Lipinski definition) is 4. The van der Waals surface area contributed by atoms with E-state index in [2.05, 4.69) is 6.92 Å². The van der Waals surface area contributed by atoms with Gasteiger partial charge in [-0.2, -0.15) is 0 Å². The van der Waals surface area contributed by atoms with E-state index in [1.807, 2.05) is 18.2 Å². The van der Waals surface area contributed by atoms with Gasteiger partial charge in [0, 0.05) is 23.2 Å². The topological polar surface area (TPSA) is 63.7 Å². The van der Waals surface area contributed by atoms with Gasteiger partial charge in [-0.25, -0.2) is 8.42 Å². The lowest BCUT2D eigenvalue weighted by Crippen LogP contribution is -2.40. The summed E-state index contributed by atoms with van der Waals surface area (Å²) in [6.45, 7) is 3.13. The van der Waals surface area contributed by atoms with Gasteiger partial charge in [0.2, 0.25) is 0 Å². The van der Waals surface area contributed by atoms with E-state index in [9.17, 15) is 13.2 Å². The van der Waals surface area contributed by atoms with Crippen LogP contribution in [0, 0.1) is 0 Å². The monoisotopic (exact) mass is 477 g/mol. The molecule has 1 saturated heterocycles. The van der Waals surface area contributed by atoms with Crippen LogP contribution >= 0.6 is 11.6 Å². The standard InChI is InChI=1S/C25H32ClNO4S/c1-2-3-4-5-8-16-31-23-13-11-20(12-14-23)25(28)27(22-15-17-32(29,30)19-22)18-21-9-6-7-10-24(21)26/h6-7,9-14,22H,2-5,8,15-19H2,1H3/t22-/m1/s1. The van der Waals surface area contributed by atoms with Crippen molar-refractivity contribution in [3.8, 4) is 5.75 Å². The van der Waals surface area contributed by atoms with E-state index >= 15 is 0 Å². The third-order valence-electron chi connectivity index (χ3n) is 5.83. The first-order chi connectivity index (χ1) is 15.4. The Morgan fingerprint density at radius 1 is 1.06 bits per heavy atom. The van der Waals surface area contributed by atoms with Crippen LogP contribution in [0.25, 0.3) is 0 Å². The molecule has 0 aliphatic carbocycles. The molecule has 0 unspecified atom stereocenters. The van der Waals surface area contributed by atoms with E-state index in [0.717, 1.165) is 24.2 Å². The summed E-state index contributed by atoms with van der Waals surface area (Å²) < 4.78 is 29.9. The number of ether oxygens (including phenoxy) is 1. The zero-order valence-electron chi connectivity index (χ0n) is 18.6. The van der Waals surface area contributed by atoms with Crippen molar-refractivity contribution in [1.82, 2.24) is 4.90 Å². The van der Waals surface area contributed by atoms with Gasteiger partial charge in [0.25, 0.3) is 5.91 Å². The lowest BCUT2D eigenvalue weighted by Gasteiger charge is -2.29. The third-order valence-corrected chi connectivity index (χ3v) is 7.95. The Hall–Kier alpha value is -2.05. The summed E-state index contributed by atoms with van der Waals surface area (Å²) in [6, 6.07) is 14.1. The third kappa shape index (κ3) is 6.97. The molecular weight excluding hydrogens is 446 g/mol. The van der Waals surface area contributed by atoms with Crippen molar-refractivity contribution in [2.45, 2.75) is 58.0 Å². The number of hydrogen-bond donors (Lipinski definition) is 0. The number of unbranched alkanes of at least 4 members (excludes halogenated alkanes) is 4. The van der Waals surface area contributed by atoms with Gasteiger partial charge < -0.3 is 9.64 Å². The molecule has 1 heterocycles. The number of rotatable bonds is 11. The molecule has 1 aliphatic heterocycles. The molecule has 32 heavy (non-hydrogen) atoms. The first kappa shape index (κ1) is 24.6. The van der Waals surface area contributed by atoms with Crippen LogP contribution in [0.2, 0.25) is 5.02 Å². The van der Waals surface area contributed by atoms with Crippen molar-refractivity contribution in [2.24, 2.45) is 0 Å². The Morgan fingerprint density at radius 2 is 1.78 bits per heavy atom. The molecule has 3 rings (SSSR count). The molecule has 2 aromatic rings. The normalized spacial score (nSPS) is 17.2. The average molecular weight is 478 g/mol. The minimum atomic E-state index is -3.13. The Morgan fingerprint density at radius 3 is 2.44 bits per heavy atom. The van der Waals surface area contributed by atoms with Crippen LogP contribution in [0.15, 0.2) is 48.5 Å². The predicted molar refractivity (Wildman–Crippen MR) is 129 cm³/mol. The zero-order valence-corrected chi connectivity index (χ0v) is 20.2. The van der Waals surface area contributed by atoms with E-state index in [1.165, 1.54) is 19.3 Å². The maximum absolute atomic E-state index is 13.4. The zero-order chi connectivity index (χ0) is 23.0. The van der Waals surface area contributed by atoms with Crippen LogP contribution in [0.5, 0.6) is 5.75 Å². The van der Waals surface area contributed by atoms with Gasteiger partial charge >= 0.3 is 0 Å². The highest BCUT2D eigenvalue weighted by Gasteiger charge is 2.35. The number of nitrogens with zero attached hydrogens (tertiary/aromatic N) is 1. The van der Waals surface area contributed by atoms with Crippen molar-refractivity contribution in [1.29, 1.82) is 0 Å². The molecule has 0 radical (unpaired) electrons. The van der Waals surface area contributed by atoms with E-state index in [1.54, 1.807) is 35.2 Å². The molecule has 1 atom stereocenters. The van der Waals surface area contributed by atoms with Gasteiger partial charge in [-0.15, -0.1) is 0 Å². The van der Waals surface area contributed by atoms with Gasteiger partial charge in [-0.05, 0) is 48.7 Å². The minimum absolute atomic E-state index is 0.0115. The summed E-state index contributed by atoms with van der Waals surface area (Å²) in [4.78, 5) is 15.0. The van der Waals surface area contributed by atoms with E-state index < -0.39 is 9.84 Å². The lowest BCUT2D eigenvalue weighted by molar-refractivity contribution is 0.0681. The summed E-state index contributed by atoms with van der Waals surface area (Å²) in [5, 5.41) is 0.564. The van der Waals surface area contributed by atoms with Crippen LogP contribution in [-0.4, -0.2) is 43.4 Å². The van der Waals surface area contributed by atoms with Gasteiger partial charge in [-0.3, -0.25) is 4.79 Å². The molecule has 0 bridgehead atoms. The maximum atomic E-state index is 13.4. The molecule has 7 heteroatoms. The average Bonchev–Trinajstić information content (AvgIpc) is 3.15. The number of amides is 1. The fraction of sp³-hybridized carbons (Fsp3) is 0.480. The lowest BCUT2D eigenvalue weighted by atomic mass is 10.1. The van der Waals surface area contributed by atoms with Crippen molar-refractivity contribution < 1.29 is 17.9 Å². The van der Waals surface area contributed by atoms with Crippen LogP contribution < -0.4 is 4.74 Å². The Balaban J connectivity index is 1.68. The second kappa shape index (κ2) is 11.7. The highest BCUT2D eigenvalue weighted by Crippen LogP contribution is 2.25. The van der Waals surface area contributed by atoms with Crippen LogP contribution in [0.3, 0.4) is 0 Å². The van der Waals surface area contributed by atoms with Gasteiger partial charge in [-0.1, -0.05) is 62.4 Å². The van der Waals surface area contributed by atoms with Gasteiger partial charge in [0.1, 0.15) is 5.75 Å². The molecule has 1 amide bonds. The summed E-state index contributed by atoms with van der Waals surface area (Å²) in [5.74, 6) is 0.633. The van der Waals surface area contributed by atoms with Crippen LogP contribution in [0.1, 0.15) is 61.4 Å². The SMILES string of the molecule is CCCCCCCOc1ccc(C(=O)N(Cc2ccccc2Cl)[C@@H]2CCS(=O)(=O)C2)cc1. The molecule has 1 fully saturated rings. The first-order valence-electron chi connectivity index (χ1n) is 11.4. The molecule has 5 nitrogen and oxygen atoms in total. The molecule has 2 aromatic carbocycles. The van der Waals surface area contributed by atoms with Crippen LogP contribution in [-0.2, 0) is 16.4 Å². The molecule has 0 aromatic heterocycles. The molecule has 0 N–H and O–H groups in total. The highest BCUT2D eigenvalue weighted by molar-refractivity contribution is 7.91. The van der Waals surface area contributed by atoms with E-state index in [4.69, 9.17) is 16.3 Å². The maximum Gasteiger partial charge on any atom is 0.254 e. The Bertz CT molecular complexity index is 991. The van der Waals surface area contributed by atoms with Crippen molar-refractivity contribution in [3.63, 3.8) is 0 Å². The Kier molecular flexibility index (Phi) is 9.00. The summed E-state index contributed by atoms with van der Waals surface area (Å²) in [6.07, 6.45) is 6.32. The fourth-order valence-corrected chi connectivity index (χ4v) is 5.88. The number of sulfone groups is 1. The first-order valence-corrected chi connectivity index (χ1v) is 13.6. The Labute approximate surface area is 196 Å². The largest absolute Gasteiger partial charge is 0.494 e. The van der Waals surface area contributed by atoms with Gasteiger partial charge in [0.05, 0.1) is 18.1 Å². The second-order valence-corrected chi connectivity index (χ2v) is 11.0.